The third kappa shape index (κ3) is 2.72. The second-order valence-corrected chi connectivity index (χ2v) is 6.96. The summed E-state index contributed by atoms with van der Waals surface area (Å²) in [7, 11) is 0. The molecule has 7 heteroatoms. The predicted octanol–water partition coefficient (Wildman–Crippen LogP) is 3.66. The van der Waals surface area contributed by atoms with E-state index in [4.69, 9.17) is 27.9 Å². The van der Waals surface area contributed by atoms with E-state index in [0.717, 1.165) is 12.0 Å². The largest absolute Gasteiger partial charge is 0.367 e. The Morgan fingerprint density at radius 3 is 2.90 bits per heavy atom. The molecule has 1 aliphatic rings. The average Bonchev–Trinajstić information content (AvgIpc) is 3.00. The fourth-order valence-corrected chi connectivity index (χ4v) is 3.78. The van der Waals surface area contributed by atoms with E-state index in [-0.39, 0.29) is 4.83 Å². The minimum atomic E-state index is -0.510. The van der Waals surface area contributed by atoms with Gasteiger partial charge >= 0.3 is 0 Å². The van der Waals surface area contributed by atoms with Gasteiger partial charge < -0.3 is 4.74 Å². The van der Waals surface area contributed by atoms with Crippen molar-refractivity contribution in [2.45, 2.75) is 23.4 Å². The van der Waals surface area contributed by atoms with Crippen molar-refractivity contribution in [2.24, 2.45) is 0 Å². The van der Waals surface area contributed by atoms with E-state index >= 15 is 0 Å². The van der Waals surface area contributed by atoms with Crippen molar-refractivity contribution in [3.63, 3.8) is 0 Å². The second kappa shape index (κ2) is 5.64. The third-order valence-corrected chi connectivity index (χ3v) is 4.53. The van der Waals surface area contributed by atoms with Crippen molar-refractivity contribution in [2.75, 3.05) is 6.61 Å². The van der Waals surface area contributed by atoms with Crippen LogP contribution in [-0.2, 0) is 16.9 Å². The Morgan fingerprint density at radius 2 is 2.30 bits per heavy atom. The summed E-state index contributed by atoms with van der Waals surface area (Å²) < 4.78 is 7.83. The molecule has 106 valence electrons. The summed E-state index contributed by atoms with van der Waals surface area (Å²) in [5.41, 5.74) is 0.421. The molecule has 1 fully saturated rings. The maximum atomic E-state index is 6.36. The Kier molecular flexibility index (Phi) is 4.04. The molecule has 1 saturated heterocycles. The van der Waals surface area contributed by atoms with Crippen LogP contribution in [0.15, 0.2) is 30.9 Å². The molecule has 0 amide bonds. The maximum Gasteiger partial charge on any atom is 0.137 e. The number of benzene rings is 1. The molecule has 0 N–H and O–H groups in total. The van der Waals surface area contributed by atoms with Crippen molar-refractivity contribution in [3.8, 4) is 0 Å². The van der Waals surface area contributed by atoms with Crippen LogP contribution < -0.4 is 0 Å². The number of alkyl halides is 1. The van der Waals surface area contributed by atoms with Gasteiger partial charge in [0.25, 0.3) is 0 Å². The van der Waals surface area contributed by atoms with E-state index in [1.54, 1.807) is 17.1 Å². The minimum absolute atomic E-state index is 0.290. The topological polar surface area (TPSA) is 39.9 Å². The Balaban J connectivity index is 2.01. The zero-order valence-electron chi connectivity index (χ0n) is 10.5. The molecule has 0 aliphatic carbocycles. The average molecular weight is 377 g/mol. The zero-order valence-corrected chi connectivity index (χ0v) is 13.6. The molecule has 3 rings (SSSR count). The summed E-state index contributed by atoms with van der Waals surface area (Å²) in [5.74, 6) is 0. The lowest BCUT2D eigenvalue weighted by atomic mass is 9.90. The molecule has 1 aliphatic heterocycles. The van der Waals surface area contributed by atoms with E-state index in [0.29, 0.717) is 23.2 Å². The standard InChI is InChI=1S/C13H12BrCl2N3O/c14-9-4-13(20-5-9,6-19-8-17-7-18-19)11-2-1-10(15)3-12(11)16/h1-3,7-9H,4-6H2/t9-,13-/m0/s1. The summed E-state index contributed by atoms with van der Waals surface area (Å²) >= 11 is 16.0. The zero-order chi connectivity index (χ0) is 14.2. The van der Waals surface area contributed by atoms with Crippen LogP contribution in [0, 0.1) is 0 Å². The van der Waals surface area contributed by atoms with Gasteiger partial charge in [-0.15, -0.1) is 0 Å². The lowest BCUT2D eigenvalue weighted by Gasteiger charge is -2.29. The summed E-state index contributed by atoms with van der Waals surface area (Å²) in [6, 6.07) is 5.50. The molecule has 0 radical (unpaired) electrons. The molecule has 0 saturated carbocycles. The fourth-order valence-electron chi connectivity index (χ4n) is 2.54. The van der Waals surface area contributed by atoms with E-state index in [1.165, 1.54) is 6.33 Å². The number of ether oxygens (including phenoxy) is 1. The van der Waals surface area contributed by atoms with Crippen molar-refractivity contribution in [1.29, 1.82) is 0 Å². The van der Waals surface area contributed by atoms with Crippen LogP contribution in [0.1, 0.15) is 12.0 Å². The van der Waals surface area contributed by atoms with Gasteiger partial charge in [-0.1, -0.05) is 45.2 Å². The van der Waals surface area contributed by atoms with Crippen molar-refractivity contribution < 1.29 is 4.74 Å². The Labute approximate surface area is 135 Å². The number of halogens is 3. The first kappa shape index (κ1) is 14.3. The minimum Gasteiger partial charge on any atom is -0.367 e. The van der Waals surface area contributed by atoms with E-state index in [2.05, 4.69) is 26.0 Å². The normalized spacial score (nSPS) is 26.1. The first-order valence-corrected chi connectivity index (χ1v) is 7.82. The highest BCUT2D eigenvalue weighted by Gasteiger charge is 2.43. The molecular weight excluding hydrogens is 365 g/mol. The van der Waals surface area contributed by atoms with Crippen molar-refractivity contribution in [3.05, 3.63) is 46.5 Å². The molecular formula is C13H12BrCl2N3O. The highest BCUT2D eigenvalue weighted by Crippen LogP contribution is 2.43. The smallest absolute Gasteiger partial charge is 0.137 e. The number of hydrogen-bond donors (Lipinski definition) is 0. The first-order chi connectivity index (χ1) is 9.59. The molecule has 2 heterocycles. The Morgan fingerprint density at radius 1 is 1.45 bits per heavy atom. The molecule has 1 aromatic heterocycles. The van der Waals surface area contributed by atoms with Crippen LogP contribution in [0.25, 0.3) is 0 Å². The van der Waals surface area contributed by atoms with Crippen LogP contribution in [-0.4, -0.2) is 26.2 Å². The van der Waals surface area contributed by atoms with Gasteiger partial charge in [0, 0.05) is 20.4 Å². The summed E-state index contributed by atoms with van der Waals surface area (Å²) in [5, 5.41) is 5.39. The molecule has 0 spiro atoms. The first-order valence-electron chi connectivity index (χ1n) is 6.15. The summed E-state index contributed by atoms with van der Waals surface area (Å²) in [6.07, 6.45) is 4.00. The van der Waals surface area contributed by atoms with Crippen LogP contribution in [0.3, 0.4) is 0 Å². The monoisotopic (exact) mass is 375 g/mol. The Bertz CT molecular complexity index is 608. The third-order valence-electron chi connectivity index (χ3n) is 3.40. The van der Waals surface area contributed by atoms with Gasteiger partial charge in [-0.05, 0) is 18.6 Å². The Hall–Kier alpha value is -0.620. The molecule has 1 aromatic carbocycles. The van der Waals surface area contributed by atoms with Crippen LogP contribution >= 0.6 is 39.1 Å². The molecule has 0 bridgehead atoms. The number of nitrogens with zero attached hydrogens (tertiary/aromatic N) is 3. The molecule has 2 aromatic rings. The molecule has 4 nitrogen and oxygen atoms in total. The molecule has 20 heavy (non-hydrogen) atoms. The number of aromatic nitrogens is 3. The van der Waals surface area contributed by atoms with Crippen molar-refractivity contribution >= 4 is 39.1 Å². The summed E-state index contributed by atoms with van der Waals surface area (Å²) in [6.45, 7) is 1.20. The summed E-state index contributed by atoms with van der Waals surface area (Å²) in [4.78, 5) is 4.26. The van der Waals surface area contributed by atoms with Crippen LogP contribution in [0.5, 0.6) is 0 Å². The number of hydrogen-bond acceptors (Lipinski definition) is 3. The SMILES string of the molecule is Clc1ccc([C@@]2(Cn3cncn3)C[C@H](Br)CO2)c(Cl)c1. The lowest BCUT2D eigenvalue weighted by molar-refractivity contribution is -0.0169. The van der Waals surface area contributed by atoms with Gasteiger partial charge in [0.2, 0.25) is 0 Å². The highest BCUT2D eigenvalue weighted by atomic mass is 79.9. The van der Waals surface area contributed by atoms with E-state index in [9.17, 15) is 0 Å². The van der Waals surface area contributed by atoms with Gasteiger partial charge in [0.05, 0.1) is 13.2 Å². The van der Waals surface area contributed by atoms with Crippen molar-refractivity contribution in [1.82, 2.24) is 14.8 Å². The van der Waals surface area contributed by atoms with E-state index < -0.39 is 5.60 Å². The van der Waals surface area contributed by atoms with E-state index in [1.807, 2.05) is 12.1 Å². The van der Waals surface area contributed by atoms with Gasteiger partial charge in [0.15, 0.2) is 0 Å². The van der Waals surface area contributed by atoms with Gasteiger partial charge in [-0.2, -0.15) is 5.10 Å². The van der Waals surface area contributed by atoms with Gasteiger partial charge in [0.1, 0.15) is 18.3 Å². The van der Waals surface area contributed by atoms with Gasteiger partial charge in [-0.3, -0.25) is 0 Å². The lowest BCUT2D eigenvalue weighted by Crippen LogP contribution is -2.31. The maximum absolute atomic E-state index is 6.36. The van der Waals surface area contributed by atoms with Gasteiger partial charge in [-0.25, -0.2) is 9.67 Å². The molecule has 0 unspecified atom stereocenters. The predicted molar refractivity (Wildman–Crippen MR) is 81.4 cm³/mol. The van der Waals surface area contributed by atoms with Crippen LogP contribution in [0.2, 0.25) is 10.0 Å². The fraction of sp³-hybridized carbons (Fsp3) is 0.385. The number of rotatable bonds is 3. The highest BCUT2D eigenvalue weighted by molar-refractivity contribution is 9.09. The van der Waals surface area contributed by atoms with Crippen LogP contribution in [0.4, 0.5) is 0 Å². The second-order valence-electron chi connectivity index (χ2n) is 4.82. The quantitative estimate of drug-likeness (QED) is 0.767. The molecule has 2 atom stereocenters.